The van der Waals surface area contributed by atoms with Crippen LogP contribution in [0.5, 0.6) is 17.2 Å². The summed E-state index contributed by atoms with van der Waals surface area (Å²) in [6.07, 6.45) is 6.29. The second kappa shape index (κ2) is 10.7. The van der Waals surface area contributed by atoms with Crippen molar-refractivity contribution in [2.75, 3.05) is 13.9 Å². The molecule has 0 spiro atoms. The molecule has 156 valence electrons. The van der Waals surface area contributed by atoms with E-state index in [-0.39, 0.29) is 12.7 Å². The molecule has 0 saturated carbocycles. The number of hydrogen-bond acceptors (Lipinski definition) is 4. The molecule has 2 aromatic rings. The normalized spacial score (nSPS) is 12.1. The number of carbonyl (C=O) groups is 1. The monoisotopic (exact) mass is 397 g/mol. The van der Waals surface area contributed by atoms with Crippen molar-refractivity contribution in [1.29, 1.82) is 0 Å². The molecule has 29 heavy (non-hydrogen) atoms. The molecule has 5 heteroatoms. The van der Waals surface area contributed by atoms with Crippen molar-refractivity contribution in [2.24, 2.45) is 0 Å². The maximum absolute atomic E-state index is 13.0. The van der Waals surface area contributed by atoms with Crippen LogP contribution in [0, 0.1) is 0 Å². The first-order valence-corrected chi connectivity index (χ1v) is 10.5. The van der Waals surface area contributed by atoms with Crippen LogP contribution in [0.1, 0.15) is 56.6 Å². The molecule has 0 unspecified atom stereocenters. The highest BCUT2D eigenvalue weighted by Crippen LogP contribution is 2.33. The van der Waals surface area contributed by atoms with E-state index in [1.807, 2.05) is 47.4 Å². The van der Waals surface area contributed by atoms with E-state index in [9.17, 15) is 4.79 Å². The van der Waals surface area contributed by atoms with Crippen LogP contribution in [-0.2, 0) is 17.9 Å². The number of hydrogen-bond donors (Lipinski definition) is 0. The van der Waals surface area contributed by atoms with Crippen molar-refractivity contribution < 1.29 is 19.0 Å². The van der Waals surface area contributed by atoms with Gasteiger partial charge in [0.2, 0.25) is 12.7 Å². The summed E-state index contributed by atoms with van der Waals surface area (Å²) in [6.45, 7) is 3.58. The van der Waals surface area contributed by atoms with Gasteiger partial charge < -0.3 is 19.1 Å². The first-order chi connectivity index (χ1) is 14.2. The summed E-state index contributed by atoms with van der Waals surface area (Å²) in [5.74, 6) is 2.52. The lowest BCUT2D eigenvalue weighted by Crippen LogP contribution is -2.29. The Bertz CT molecular complexity index is 788. The highest BCUT2D eigenvalue weighted by atomic mass is 16.7. The van der Waals surface area contributed by atoms with Crippen molar-refractivity contribution >= 4 is 5.91 Å². The Morgan fingerprint density at radius 3 is 2.38 bits per heavy atom. The molecule has 5 nitrogen and oxygen atoms in total. The Morgan fingerprint density at radius 2 is 1.62 bits per heavy atom. The van der Waals surface area contributed by atoms with Gasteiger partial charge in [-0.05, 0) is 41.8 Å². The van der Waals surface area contributed by atoms with Crippen LogP contribution < -0.4 is 14.2 Å². The van der Waals surface area contributed by atoms with Crippen LogP contribution in [0.2, 0.25) is 0 Å². The summed E-state index contributed by atoms with van der Waals surface area (Å²) >= 11 is 0. The van der Waals surface area contributed by atoms with Crippen molar-refractivity contribution in [2.45, 2.75) is 58.5 Å². The molecule has 1 heterocycles. The van der Waals surface area contributed by atoms with Crippen molar-refractivity contribution in [3.63, 3.8) is 0 Å². The third-order valence-electron chi connectivity index (χ3n) is 5.19. The standard InChI is InChI=1S/C24H31NO4/c1-3-4-5-6-7-8-24(26)25(16-19-9-12-21(27-2)13-10-19)17-20-11-14-22-23(15-20)29-18-28-22/h9-15H,3-8,16-18H2,1-2H3. The van der Waals surface area contributed by atoms with Gasteiger partial charge in [0.05, 0.1) is 7.11 Å². The number of carbonyl (C=O) groups excluding carboxylic acids is 1. The number of amides is 1. The summed E-state index contributed by atoms with van der Waals surface area (Å²) < 4.78 is 16.1. The predicted molar refractivity (Wildman–Crippen MR) is 113 cm³/mol. The van der Waals surface area contributed by atoms with Gasteiger partial charge in [0.25, 0.3) is 0 Å². The molecule has 0 fully saturated rings. The van der Waals surface area contributed by atoms with Gasteiger partial charge in [0, 0.05) is 19.5 Å². The molecular formula is C24H31NO4. The summed E-state index contributed by atoms with van der Waals surface area (Å²) in [7, 11) is 1.66. The summed E-state index contributed by atoms with van der Waals surface area (Å²) in [6, 6.07) is 13.8. The minimum absolute atomic E-state index is 0.190. The predicted octanol–water partition coefficient (Wildman–Crippen LogP) is 5.31. The Hall–Kier alpha value is -2.69. The highest BCUT2D eigenvalue weighted by Gasteiger charge is 2.18. The minimum Gasteiger partial charge on any atom is -0.497 e. The van der Waals surface area contributed by atoms with Gasteiger partial charge in [0.15, 0.2) is 11.5 Å². The van der Waals surface area contributed by atoms with Gasteiger partial charge in [-0.2, -0.15) is 0 Å². The molecule has 0 aliphatic carbocycles. The minimum atomic E-state index is 0.190. The van der Waals surface area contributed by atoms with E-state index in [1.54, 1.807) is 7.11 Å². The van der Waals surface area contributed by atoms with Gasteiger partial charge in [-0.15, -0.1) is 0 Å². The lowest BCUT2D eigenvalue weighted by molar-refractivity contribution is -0.132. The van der Waals surface area contributed by atoms with Crippen LogP contribution in [0.15, 0.2) is 42.5 Å². The largest absolute Gasteiger partial charge is 0.497 e. The maximum atomic E-state index is 13.0. The first-order valence-electron chi connectivity index (χ1n) is 10.5. The second-order valence-electron chi connectivity index (χ2n) is 7.45. The molecule has 0 radical (unpaired) electrons. The van der Waals surface area contributed by atoms with E-state index < -0.39 is 0 Å². The molecule has 0 aromatic heterocycles. The van der Waals surface area contributed by atoms with E-state index >= 15 is 0 Å². The fourth-order valence-electron chi connectivity index (χ4n) is 3.48. The van der Waals surface area contributed by atoms with Crippen molar-refractivity contribution in [3.8, 4) is 17.2 Å². The molecule has 1 amide bonds. The van der Waals surface area contributed by atoms with Crippen molar-refractivity contribution in [3.05, 3.63) is 53.6 Å². The summed E-state index contributed by atoms with van der Waals surface area (Å²) in [4.78, 5) is 14.9. The Labute approximate surface area is 173 Å². The zero-order chi connectivity index (χ0) is 20.5. The quantitative estimate of drug-likeness (QED) is 0.482. The third-order valence-corrected chi connectivity index (χ3v) is 5.19. The molecule has 0 N–H and O–H groups in total. The summed E-state index contributed by atoms with van der Waals surface area (Å²) in [5.41, 5.74) is 2.13. The topological polar surface area (TPSA) is 48.0 Å². The van der Waals surface area contributed by atoms with Crippen LogP contribution in [-0.4, -0.2) is 24.7 Å². The number of fused-ring (bicyclic) bond motifs is 1. The second-order valence-corrected chi connectivity index (χ2v) is 7.45. The van der Waals surface area contributed by atoms with Crippen LogP contribution in [0.25, 0.3) is 0 Å². The SMILES string of the molecule is CCCCCCCC(=O)N(Cc1ccc(OC)cc1)Cc1ccc2c(c1)OCO2. The van der Waals surface area contributed by atoms with Gasteiger partial charge in [-0.3, -0.25) is 4.79 Å². The number of unbranched alkanes of at least 4 members (excludes halogenated alkanes) is 4. The molecule has 0 saturated heterocycles. The average Bonchev–Trinajstić information content (AvgIpc) is 3.21. The van der Waals surface area contributed by atoms with Gasteiger partial charge >= 0.3 is 0 Å². The number of rotatable bonds is 11. The van der Waals surface area contributed by atoms with Crippen LogP contribution in [0.3, 0.4) is 0 Å². The molecular weight excluding hydrogens is 366 g/mol. The zero-order valence-electron chi connectivity index (χ0n) is 17.5. The smallest absolute Gasteiger partial charge is 0.231 e. The lowest BCUT2D eigenvalue weighted by atomic mass is 10.1. The fraction of sp³-hybridized carbons (Fsp3) is 0.458. The van der Waals surface area contributed by atoms with Crippen LogP contribution in [0.4, 0.5) is 0 Å². The van der Waals surface area contributed by atoms with Gasteiger partial charge in [0.1, 0.15) is 5.75 Å². The molecule has 1 aliphatic rings. The Balaban J connectivity index is 1.66. The maximum Gasteiger partial charge on any atom is 0.231 e. The molecule has 0 atom stereocenters. The molecule has 3 rings (SSSR count). The van der Waals surface area contributed by atoms with Crippen LogP contribution >= 0.6 is 0 Å². The molecule has 0 bridgehead atoms. The van der Waals surface area contributed by atoms with Gasteiger partial charge in [-0.25, -0.2) is 0 Å². The zero-order valence-corrected chi connectivity index (χ0v) is 17.5. The van der Waals surface area contributed by atoms with Crippen molar-refractivity contribution in [1.82, 2.24) is 4.90 Å². The molecule has 2 aromatic carbocycles. The Kier molecular flexibility index (Phi) is 7.79. The van der Waals surface area contributed by atoms with E-state index in [1.165, 1.54) is 19.3 Å². The molecule has 1 aliphatic heterocycles. The van der Waals surface area contributed by atoms with Gasteiger partial charge in [-0.1, -0.05) is 50.8 Å². The lowest BCUT2D eigenvalue weighted by Gasteiger charge is -2.23. The first kappa shape index (κ1) is 21.0. The number of nitrogens with zero attached hydrogens (tertiary/aromatic N) is 1. The third kappa shape index (κ3) is 6.14. The van der Waals surface area contributed by atoms with E-state index in [0.717, 1.165) is 41.2 Å². The number of benzene rings is 2. The van der Waals surface area contributed by atoms with E-state index in [4.69, 9.17) is 14.2 Å². The fourth-order valence-corrected chi connectivity index (χ4v) is 3.48. The van der Waals surface area contributed by atoms with E-state index in [2.05, 4.69) is 6.92 Å². The Morgan fingerprint density at radius 1 is 0.931 bits per heavy atom. The highest BCUT2D eigenvalue weighted by molar-refractivity contribution is 5.76. The number of methoxy groups -OCH3 is 1. The van der Waals surface area contributed by atoms with E-state index in [0.29, 0.717) is 19.5 Å². The number of ether oxygens (including phenoxy) is 3. The average molecular weight is 398 g/mol. The summed E-state index contributed by atoms with van der Waals surface area (Å²) in [5, 5.41) is 0.